The van der Waals surface area contributed by atoms with Crippen LogP contribution >= 0.6 is 15.9 Å². The van der Waals surface area contributed by atoms with Crippen LogP contribution in [-0.4, -0.2) is 9.55 Å². The van der Waals surface area contributed by atoms with Crippen LogP contribution < -0.4 is 5.32 Å². The maximum Gasteiger partial charge on any atom is 0.207 e. The first kappa shape index (κ1) is 12.0. The third-order valence-corrected chi connectivity index (χ3v) is 2.93. The lowest BCUT2D eigenvalue weighted by Crippen LogP contribution is -2.03. The van der Waals surface area contributed by atoms with E-state index in [1.54, 1.807) is 12.4 Å². The zero-order valence-electron chi connectivity index (χ0n) is 9.04. The lowest BCUT2D eigenvalue weighted by molar-refractivity contribution is 0.584. The van der Waals surface area contributed by atoms with E-state index in [1.807, 2.05) is 11.5 Å². The number of aromatic nitrogens is 2. The molecule has 90 valence electrons. The molecule has 0 amide bonds. The van der Waals surface area contributed by atoms with Gasteiger partial charge in [-0.25, -0.2) is 13.8 Å². The molecule has 0 aliphatic carbocycles. The Morgan fingerprint density at radius 3 is 2.82 bits per heavy atom. The number of halogens is 3. The van der Waals surface area contributed by atoms with Crippen molar-refractivity contribution in [1.82, 2.24) is 9.55 Å². The van der Waals surface area contributed by atoms with Crippen LogP contribution in [0.15, 0.2) is 29.0 Å². The SMILES string of the molecule is CCn1ccnc1Nc1c(F)cc(F)cc1Br. The zero-order valence-corrected chi connectivity index (χ0v) is 10.6. The molecule has 1 N–H and O–H groups in total. The van der Waals surface area contributed by atoms with E-state index in [2.05, 4.69) is 26.2 Å². The van der Waals surface area contributed by atoms with Crippen LogP contribution in [0.1, 0.15) is 6.92 Å². The van der Waals surface area contributed by atoms with Crippen LogP contribution in [0.5, 0.6) is 0 Å². The van der Waals surface area contributed by atoms with Crippen molar-refractivity contribution in [2.24, 2.45) is 0 Å². The first-order valence-corrected chi connectivity index (χ1v) is 5.83. The standard InChI is InChI=1S/C11H10BrF2N3/c1-2-17-4-3-15-11(17)16-10-8(12)5-7(13)6-9(10)14/h3-6H,2H2,1H3,(H,15,16). The first-order chi connectivity index (χ1) is 8.11. The number of benzene rings is 1. The molecule has 0 fully saturated rings. The predicted molar refractivity (Wildman–Crippen MR) is 65.2 cm³/mol. The molecule has 0 bridgehead atoms. The second kappa shape index (κ2) is 4.83. The third kappa shape index (κ3) is 2.46. The molecule has 0 saturated carbocycles. The van der Waals surface area contributed by atoms with Crippen LogP contribution in [0, 0.1) is 11.6 Å². The van der Waals surface area contributed by atoms with E-state index in [4.69, 9.17) is 0 Å². The van der Waals surface area contributed by atoms with E-state index in [-0.39, 0.29) is 5.69 Å². The third-order valence-electron chi connectivity index (χ3n) is 2.30. The van der Waals surface area contributed by atoms with Crippen molar-refractivity contribution >= 4 is 27.6 Å². The molecule has 3 nitrogen and oxygen atoms in total. The summed E-state index contributed by atoms with van der Waals surface area (Å²) in [5.41, 5.74) is 0.173. The van der Waals surface area contributed by atoms with Gasteiger partial charge in [-0.15, -0.1) is 0 Å². The summed E-state index contributed by atoms with van der Waals surface area (Å²) in [4.78, 5) is 4.06. The lowest BCUT2D eigenvalue weighted by Gasteiger charge is -2.10. The summed E-state index contributed by atoms with van der Waals surface area (Å²) in [6, 6.07) is 2.02. The molecular weight excluding hydrogens is 292 g/mol. The molecule has 0 aliphatic rings. The molecule has 0 saturated heterocycles. The number of anilines is 2. The molecule has 0 radical (unpaired) electrons. The fourth-order valence-corrected chi connectivity index (χ4v) is 1.97. The van der Waals surface area contributed by atoms with Gasteiger partial charge in [-0.3, -0.25) is 0 Å². The van der Waals surface area contributed by atoms with Crippen LogP contribution in [0.2, 0.25) is 0 Å². The number of rotatable bonds is 3. The number of aryl methyl sites for hydroxylation is 1. The van der Waals surface area contributed by atoms with E-state index in [0.29, 0.717) is 17.0 Å². The van der Waals surface area contributed by atoms with E-state index in [0.717, 1.165) is 6.07 Å². The molecule has 0 spiro atoms. The molecule has 17 heavy (non-hydrogen) atoms. The van der Waals surface area contributed by atoms with Crippen LogP contribution in [0.3, 0.4) is 0 Å². The van der Waals surface area contributed by atoms with Gasteiger partial charge in [0.2, 0.25) is 5.95 Å². The van der Waals surface area contributed by atoms with Crippen molar-refractivity contribution in [2.45, 2.75) is 13.5 Å². The Morgan fingerprint density at radius 1 is 1.41 bits per heavy atom. The highest BCUT2D eigenvalue weighted by Gasteiger charge is 2.11. The number of hydrogen-bond donors (Lipinski definition) is 1. The zero-order chi connectivity index (χ0) is 12.4. The van der Waals surface area contributed by atoms with Crippen molar-refractivity contribution in [3.05, 3.63) is 40.6 Å². The minimum atomic E-state index is -0.664. The van der Waals surface area contributed by atoms with Crippen LogP contribution in [-0.2, 0) is 6.54 Å². The van der Waals surface area contributed by atoms with Gasteiger partial charge >= 0.3 is 0 Å². The fraction of sp³-hybridized carbons (Fsp3) is 0.182. The Labute approximate surface area is 106 Å². The Balaban J connectivity index is 2.36. The highest BCUT2D eigenvalue weighted by Crippen LogP contribution is 2.29. The average molecular weight is 302 g/mol. The highest BCUT2D eigenvalue weighted by atomic mass is 79.9. The molecule has 2 aromatic rings. The molecule has 2 rings (SSSR count). The van der Waals surface area contributed by atoms with E-state index in [1.165, 1.54) is 6.07 Å². The summed E-state index contributed by atoms with van der Waals surface area (Å²) in [7, 11) is 0. The van der Waals surface area contributed by atoms with Gasteiger partial charge in [-0.05, 0) is 28.9 Å². The van der Waals surface area contributed by atoms with Gasteiger partial charge in [0.1, 0.15) is 5.82 Å². The summed E-state index contributed by atoms with van der Waals surface area (Å²) in [6.07, 6.45) is 3.39. The van der Waals surface area contributed by atoms with Crippen molar-refractivity contribution < 1.29 is 8.78 Å². The molecule has 1 aromatic carbocycles. The molecule has 1 aromatic heterocycles. The Hall–Kier alpha value is -1.43. The monoisotopic (exact) mass is 301 g/mol. The van der Waals surface area contributed by atoms with Crippen molar-refractivity contribution in [3.63, 3.8) is 0 Å². The summed E-state index contributed by atoms with van der Waals surface area (Å²) in [5, 5.41) is 2.83. The Kier molecular flexibility index (Phi) is 3.42. The summed E-state index contributed by atoms with van der Waals surface area (Å²) in [5.74, 6) is -0.778. The van der Waals surface area contributed by atoms with E-state index in [9.17, 15) is 8.78 Å². The second-order valence-corrected chi connectivity index (χ2v) is 4.26. The van der Waals surface area contributed by atoms with Gasteiger partial charge in [-0.2, -0.15) is 0 Å². The summed E-state index contributed by atoms with van der Waals surface area (Å²) >= 11 is 3.11. The van der Waals surface area contributed by atoms with Gasteiger partial charge in [0, 0.05) is 29.5 Å². The van der Waals surface area contributed by atoms with E-state index >= 15 is 0 Å². The molecule has 0 unspecified atom stereocenters. The van der Waals surface area contributed by atoms with Gasteiger partial charge in [0.25, 0.3) is 0 Å². The maximum atomic E-state index is 13.6. The van der Waals surface area contributed by atoms with Crippen LogP contribution in [0.4, 0.5) is 20.4 Å². The van der Waals surface area contributed by atoms with Gasteiger partial charge < -0.3 is 9.88 Å². The van der Waals surface area contributed by atoms with Crippen molar-refractivity contribution in [1.29, 1.82) is 0 Å². The molecular formula is C11H10BrF2N3. The summed E-state index contributed by atoms with van der Waals surface area (Å²) < 4.78 is 28.6. The Bertz CT molecular complexity index is 516. The van der Waals surface area contributed by atoms with Gasteiger partial charge in [0.05, 0.1) is 5.69 Å². The normalized spacial score (nSPS) is 10.6. The van der Waals surface area contributed by atoms with Gasteiger partial charge in [-0.1, -0.05) is 0 Å². The van der Waals surface area contributed by atoms with Crippen LogP contribution in [0.25, 0.3) is 0 Å². The predicted octanol–water partition coefficient (Wildman–Crippen LogP) is 3.69. The fourth-order valence-electron chi connectivity index (χ4n) is 1.46. The Morgan fingerprint density at radius 2 is 2.18 bits per heavy atom. The highest BCUT2D eigenvalue weighted by molar-refractivity contribution is 9.10. The van der Waals surface area contributed by atoms with Crippen molar-refractivity contribution in [3.8, 4) is 0 Å². The second-order valence-electron chi connectivity index (χ2n) is 3.41. The molecule has 6 heteroatoms. The lowest BCUT2D eigenvalue weighted by atomic mass is 10.3. The van der Waals surface area contributed by atoms with Crippen molar-refractivity contribution in [2.75, 3.05) is 5.32 Å². The molecule has 1 heterocycles. The molecule has 0 aliphatic heterocycles. The first-order valence-electron chi connectivity index (χ1n) is 5.04. The topological polar surface area (TPSA) is 29.9 Å². The largest absolute Gasteiger partial charge is 0.322 e. The molecule has 0 atom stereocenters. The number of hydrogen-bond acceptors (Lipinski definition) is 2. The number of nitrogens with one attached hydrogen (secondary N) is 1. The van der Waals surface area contributed by atoms with Gasteiger partial charge in [0.15, 0.2) is 5.82 Å². The minimum Gasteiger partial charge on any atom is -0.322 e. The smallest absolute Gasteiger partial charge is 0.207 e. The average Bonchev–Trinajstić information content (AvgIpc) is 2.70. The maximum absolute atomic E-state index is 13.6. The number of nitrogens with zero attached hydrogens (tertiary/aromatic N) is 2. The summed E-state index contributed by atoms with van der Waals surface area (Å²) in [6.45, 7) is 2.66. The quantitative estimate of drug-likeness (QED) is 0.937. The van der Waals surface area contributed by atoms with E-state index < -0.39 is 11.6 Å². The minimum absolute atomic E-state index is 0.173. The number of imidazole rings is 1.